The molecule has 2 heterocycles. The smallest absolute Gasteiger partial charge is 0.261 e. The molecule has 0 spiro atoms. The molecule has 0 bridgehead atoms. The van der Waals surface area contributed by atoms with Crippen LogP contribution in [0, 0.1) is 6.92 Å². The van der Waals surface area contributed by atoms with Gasteiger partial charge in [0.2, 0.25) is 0 Å². The minimum absolute atomic E-state index is 0.0826. The van der Waals surface area contributed by atoms with Gasteiger partial charge in [0.1, 0.15) is 0 Å². The number of rotatable bonds is 5. The first-order chi connectivity index (χ1) is 11.7. The summed E-state index contributed by atoms with van der Waals surface area (Å²) in [6.45, 7) is 7.66. The molecule has 4 heteroatoms. The van der Waals surface area contributed by atoms with Gasteiger partial charge in [0, 0.05) is 24.0 Å². The molecule has 1 fully saturated rings. The van der Waals surface area contributed by atoms with Gasteiger partial charge in [-0.3, -0.25) is 4.79 Å². The number of hydrogen-bond acceptors (Lipinski definition) is 3. The van der Waals surface area contributed by atoms with Gasteiger partial charge >= 0.3 is 0 Å². The van der Waals surface area contributed by atoms with Gasteiger partial charge in [-0.25, -0.2) is 0 Å². The highest BCUT2D eigenvalue weighted by Crippen LogP contribution is 2.32. The molecule has 128 valence electrons. The molecule has 0 radical (unpaired) electrons. The van der Waals surface area contributed by atoms with Crippen LogP contribution in [0.5, 0.6) is 0 Å². The zero-order valence-electron chi connectivity index (χ0n) is 14.5. The van der Waals surface area contributed by atoms with Gasteiger partial charge in [-0.05, 0) is 49.9 Å². The molecule has 0 aliphatic carbocycles. The van der Waals surface area contributed by atoms with E-state index in [1.54, 1.807) is 11.3 Å². The molecule has 2 aromatic rings. The zero-order valence-corrected chi connectivity index (χ0v) is 15.4. The van der Waals surface area contributed by atoms with Crippen molar-refractivity contribution < 1.29 is 4.79 Å². The van der Waals surface area contributed by atoms with Gasteiger partial charge in [0.05, 0.1) is 4.88 Å². The highest BCUT2D eigenvalue weighted by molar-refractivity contribution is 7.17. The maximum atomic E-state index is 12.6. The van der Waals surface area contributed by atoms with Gasteiger partial charge in [0.25, 0.3) is 5.91 Å². The number of nitrogens with zero attached hydrogens (tertiary/aromatic N) is 1. The average molecular weight is 343 g/mol. The lowest BCUT2D eigenvalue weighted by molar-refractivity contribution is 0.0915. The van der Waals surface area contributed by atoms with E-state index in [-0.39, 0.29) is 5.91 Å². The second-order valence-electron chi connectivity index (χ2n) is 6.58. The molecule has 3 nitrogen and oxygen atoms in total. The molecule has 1 aromatic carbocycles. The normalized spacial score (nSPS) is 16.2. The summed E-state index contributed by atoms with van der Waals surface area (Å²) in [5.41, 5.74) is 2.36. The van der Waals surface area contributed by atoms with Gasteiger partial charge in [0.15, 0.2) is 0 Å². The van der Waals surface area contributed by atoms with Crippen LogP contribution in [-0.2, 0) is 0 Å². The monoisotopic (exact) mass is 342 g/mol. The molecule has 1 N–H and O–H groups in total. The van der Waals surface area contributed by atoms with Crippen molar-refractivity contribution in [2.24, 2.45) is 0 Å². The molecule has 1 saturated heterocycles. The number of likely N-dealkylation sites (tertiary alicyclic amines) is 1. The summed E-state index contributed by atoms with van der Waals surface area (Å²) < 4.78 is 0. The number of piperidine rings is 1. The molecule has 0 atom stereocenters. The fourth-order valence-electron chi connectivity index (χ4n) is 3.34. The highest BCUT2D eigenvalue weighted by Gasteiger charge is 2.22. The summed E-state index contributed by atoms with van der Waals surface area (Å²) >= 11 is 1.60. The molecule has 0 unspecified atom stereocenters. The van der Waals surface area contributed by atoms with Crippen molar-refractivity contribution in [3.05, 3.63) is 46.8 Å². The van der Waals surface area contributed by atoms with Crippen LogP contribution < -0.4 is 5.32 Å². The van der Waals surface area contributed by atoms with E-state index in [9.17, 15) is 4.79 Å². The van der Waals surface area contributed by atoms with Gasteiger partial charge in [-0.1, -0.05) is 37.3 Å². The zero-order chi connectivity index (χ0) is 16.9. The fourth-order valence-corrected chi connectivity index (χ4v) is 4.42. The number of amides is 1. The Kier molecular flexibility index (Phi) is 5.69. The van der Waals surface area contributed by atoms with Gasteiger partial charge in [-0.2, -0.15) is 0 Å². The first kappa shape index (κ1) is 17.2. The molecule has 1 aliphatic rings. The van der Waals surface area contributed by atoms with Crippen LogP contribution in [-0.4, -0.2) is 36.5 Å². The van der Waals surface area contributed by atoms with E-state index in [1.165, 1.54) is 29.0 Å². The Morgan fingerprint density at radius 1 is 1.25 bits per heavy atom. The molecule has 3 rings (SSSR count). The summed E-state index contributed by atoms with van der Waals surface area (Å²) in [5.74, 6) is 0.0826. The number of nitrogens with one attached hydrogen (secondary N) is 1. The summed E-state index contributed by atoms with van der Waals surface area (Å²) in [6, 6.07) is 12.6. The van der Waals surface area contributed by atoms with Crippen LogP contribution >= 0.6 is 11.3 Å². The third-order valence-corrected chi connectivity index (χ3v) is 5.93. The SMILES string of the molecule is CCCN1CCC(NC(=O)c2cc(C)c(-c3ccccc3)s2)CC1. The van der Waals surface area contributed by atoms with Crippen LogP contribution in [0.25, 0.3) is 10.4 Å². The molecular weight excluding hydrogens is 316 g/mol. The van der Waals surface area contributed by atoms with Crippen molar-refractivity contribution in [2.75, 3.05) is 19.6 Å². The van der Waals surface area contributed by atoms with E-state index in [2.05, 4.69) is 36.2 Å². The molecular formula is C20H26N2OS. The number of thiophene rings is 1. The Morgan fingerprint density at radius 2 is 1.96 bits per heavy atom. The van der Waals surface area contributed by atoms with E-state index in [4.69, 9.17) is 0 Å². The Hall–Kier alpha value is -1.65. The minimum atomic E-state index is 0.0826. The second kappa shape index (κ2) is 7.95. The van der Waals surface area contributed by atoms with Crippen molar-refractivity contribution in [2.45, 2.75) is 39.2 Å². The number of aryl methyl sites for hydroxylation is 1. The maximum absolute atomic E-state index is 12.6. The van der Waals surface area contributed by atoms with Crippen LogP contribution in [0.3, 0.4) is 0 Å². The molecule has 1 amide bonds. The Bertz CT molecular complexity index is 672. The Balaban J connectivity index is 1.62. The van der Waals surface area contributed by atoms with Crippen molar-refractivity contribution in [1.29, 1.82) is 0 Å². The van der Waals surface area contributed by atoms with Crippen molar-refractivity contribution in [3.8, 4) is 10.4 Å². The van der Waals surface area contributed by atoms with Crippen molar-refractivity contribution >= 4 is 17.2 Å². The van der Waals surface area contributed by atoms with Crippen LogP contribution in [0.4, 0.5) is 0 Å². The first-order valence-corrected chi connectivity index (χ1v) is 9.68. The summed E-state index contributed by atoms with van der Waals surface area (Å²) in [4.78, 5) is 17.1. The summed E-state index contributed by atoms with van der Waals surface area (Å²) in [7, 11) is 0. The molecule has 24 heavy (non-hydrogen) atoms. The quantitative estimate of drug-likeness (QED) is 0.877. The summed E-state index contributed by atoms with van der Waals surface area (Å²) in [5, 5.41) is 3.23. The number of carbonyl (C=O) groups is 1. The molecule has 0 saturated carbocycles. The van der Waals surface area contributed by atoms with Crippen LogP contribution in [0.1, 0.15) is 41.4 Å². The highest BCUT2D eigenvalue weighted by atomic mass is 32.1. The fraction of sp³-hybridized carbons (Fsp3) is 0.450. The maximum Gasteiger partial charge on any atom is 0.261 e. The number of hydrogen-bond donors (Lipinski definition) is 1. The standard InChI is InChI=1S/C20H26N2OS/c1-3-11-22-12-9-17(10-13-22)21-20(23)18-14-15(2)19(24-18)16-7-5-4-6-8-16/h4-8,14,17H,3,9-13H2,1-2H3,(H,21,23). The van der Waals surface area contributed by atoms with Gasteiger partial charge < -0.3 is 10.2 Å². The predicted octanol–water partition coefficient (Wildman–Crippen LogP) is 4.33. The van der Waals surface area contributed by atoms with Crippen molar-refractivity contribution in [1.82, 2.24) is 10.2 Å². The van der Waals surface area contributed by atoms with E-state index in [1.807, 2.05) is 24.3 Å². The van der Waals surface area contributed by atoms with E-state index < -0.39 is 0 Å². The lowest BCUT2D eigenvalue weighted by atomic mass is 10.0. The van der Waals surface area contributed by atoms with E-state index >= 15 is 0 Å². The van der Waals surface area contributed by atoms with Crippen LogP contribution in [0.2, 0.25) is 0 Å². The van der Waals surface area contributed by atoms with Gasteiger partial charge in [-0.15, -0.1) is 11.3 Å². The van der Waals surface area contributed by atoms with Crippen molar-refractivity contribution in [3.63, 3.8) is 0 Å². The first-order valence-electron chi connectivity index (χ1n) is 8.86. The minimum Gasteiger partial charge on any atom is -0.349 e. The third kappa shape index (κ3) is 4.05. The topological polar surface area (TPSA) is 32.3 Å². The van der Waals surface area contributed by atoms with Crippen LogP contribution in [0.15, 0.2) is 36.4 Å². The molecule has 1 aromatic heterocycles. The Labute approximate surface area is 148 Å². The largest absolute Gasteiger partial charge is 0.349 e. The van der Waals surface area contributed by atoms with E-state index in [0.717, 1.165) is 30.8 Å². The third-order valence-electron chi connectivity index (χ3n) is 4.64. The predicted molar refractivity (Wildman–Crippen MR) is 102 cm³/mol. The van der Waals surface area contributed by atoms with E-state index in [0.29, 0.717) is 6.04 Å². The second-order valence-corrected chi connectivity index (χ2v) is 7.63. The number of carbonyl (C=O) groups excluding carboxylic acids is 1. The number of benzene rings is 1. The molecule has 1 aliphatic heterocycles. The lowest BCUT2D eigenvalue weighted by Crippen LogP contribution is -2.44. The Morgan fingerprint density at radius 3 is 2.62 bits per heavy atom. The summed E-state index contributed by atoms with van der Waals surface area (Å²) in [6.07, 6.45) is 3.32. The average Bonchev–Trinajstić information content (AvgIpc) is 3.00. The lowest BCUT2D eigenvalue weighted by Gasteiger charge is -2.31.